The van der Waals surface area contributed by atoms with Gasteiger partial charge in [-0.25, -0.2) is 9.78 Å². The van der Waals surface area contributed by atoms with Gasteiger partial charge >= 0.3 is 6.09 Å². The summed E-state index contributed by atoms with van der Waals surface area (Å²) in [4.78, 5) is 27.2. The highest BCUT2D eigenvalue weighted by molar-refractivity contribution is 8.76. The summed E-state index contributed by atoms with van der Waals surface area (Å²) in [7, 11) is 6.14. The number of anilines is 2. The van der Waals surface area contributed by atoms with Gasteiger partial charge in [0.15, 0.2) is 16.7 Å². The van der Waals surface area contributed by atoms with Crippen LogP contribution in [0.1, 0.15) is 19.3 Å². The summed E-state index contributed by atoms with van der Waals surface area (Å²) in [5, 5.41) is 17.6. The van der Waals surface area contributed by atoms with Crippen molar-refractivity contribution in [1.29, 1.82) is 0 Å². The molecular formula is C27H33ClN6O5S2. The molecule has 1 aliphatic heterocycles. The lowest BCUT2D eigenvalue weighted by atomic mass is 10.2. The van der Waals surface area contributed by atoms with Crippen molar-refractivity contribution < 1.29 is 23.8 Å². The molecule has 0 saturated heterocycles. The molecule has 1 aromatic heterocycles. The topological polar surface area (TPSA) is 142 Å². The smallest absolute Gasteiger partial charge is 0.406 e. The number of nitrogens with one attached hydrogen (secondary N) is 5. The van der Waals surface area contributed by atoms with E-state index in [9.17, 15) is 9.59 Å². The number of unbranched alkanes of at least 4 members (excludes halogenated alkanes) is 1. The van der Waals surface area contributed by atoms with Crippen LogP contribution in [0.25, 0.3) is 22.0 Å². The van der Waals surface area contributed by atoms with Gasteiger partial charge in [-0.1, -0.05) is 33.2 Å². The van der Waals surface area contributed by atoms with Crippen molar-refractivity contribution in [3.8, 4) is 22.8 Å². The molecule has 1 aromatic carbocycles. The number of methoxy groups -OCH3 is 2. The van der Waals surface area contributed by atoms with Crippen LogP contribution in [0.2, 0.25) is 5.15 Å². The Bertz CT molecular complexity index is 1410. The lowest BCUT2D eigenvalue weighted by Gasteiger charge is -2.11. The molecule has 41 heavy (non-hydrogen) atoms. The standard InChI is InChI=1S/C27H33ClN6O5S2/c1-37-21-15-18-17(13-19-24(18)33-34-26(19)32-20-7-5-9-30-25(20)28)14-22(21)39-11-6-10-29-23(35)16-41-40-12-4-3-8-31-27(36)38-2/h5,7,9,13-15,32-34H,3-4,6,8,10-12,16H2,1-2H3,(H,29,35)(H,31,36). The third-order valence-electron chi connectivity index (χ3n) is 6.06. The maximum absolute atomic E-state index is 12.1. The highest BCUT2D eigenvalue weighted by atomic mass is 35.5. The lowest BCUT2D eigenvalue weighted by molar-refractivity contribution is -0.118. The number of carbonyl (C=O) groups excluding carboxylic acids is 2. The number of aromatic nitrogens is 3. The second-order valence-corrected chi connectivity index (χ2v) is 11.8. The number of carbonyl (C=O) groups is 2. The Balaban J connectivity index is 1.20. The molecule has 2 heterocycles. The molecule has 0 spiro atoms. The maximum atomic E-state index is 12.1. The molecular weight excluding hydrogens is 588 g/mol. The SMILES string of the molecule is COC(=O)NCCCCSSCC(=O)NCCCOc1cc2cc3c(Nc4cccnc4Cl)[nH][nH]c-3c2cc1OC. The number of hydrogen-bond acceptors (Lipinski definition) is 9. The number of nitrogens with zero attached hydrogens (tertiary/aromatic N) is 1. The Hall–Kier alpha value is -3.42. The highest BCUT2D eigenvalue weighted by Gasteiger charge is 2.20. The number of aromatic amines is 2. The number of pyridine rings is 1. The van der Waals surface area contributed by atoms with E-state index in [1.54, 1.807) is 24.1 Å². The first kappa shape index (κ1) is 30.5. The summed E-state index contributed by atoms with van der Waals surface area (Å²) in [6.07, 6.45) is 3.71. The molecule has 4 rings (SSSR count). The van der Waals surface area contributed by atoms with Gasteiger partial charge in [-0.05, 0) is 55.0 Å². The van der Waals surface area contributed by atoms with Gasteiger partial charge in [0.25, 0.3) is 0 Å². The largest absolute Gasteiger partial charge is 0.493 e. The molecule has 1 aliphatic carbocycles. The van der Waals surface area contributed by atoms with E-state index in [0.29, 0.717) is 54.2 Å². The van der Waals surface area contributed by atoms with E-state index >= 15 is 0 Å². The molecule has 5 N–H and O–H groups in total. The quantitative estimate of drug-likeness (QED) is 0.0596. The Morgan fingerprint density at radius 2 is 1.88 bits per heavy atom. The van der Waals surface area contributed by atoms with Gasteiger partial charge in [0.1, 0.15) is 5.82 Å². The first-order chi connectivity index (χ1) is 20.0. The van der Waals surface area contributed by atoms with Gasteiger partial charge in [0, 0.05) is 36.0 Å². The van der Waals surface area contributed by atoms with E-state index < -0.39 is 6.09 Å². The Labute approximate surface area is 250 Å². The maximum Gasteiger partial charge on any atom is 0.406 e. The minimum absolute atomic E-state index is 0.00509. The van der Waals surface area contributed by atoms with Crippen molar-refractivity contribution >= 4 is 67.5 Å². The van der Waals surface area contributed by atoms with Crippen LogP contribution >= 0.6 is 33.2 Å². The molecule has 0 bridgehead atoms. The van der Waals surface area contributed by atoms with Crippen molar-refractivity contribution in [2.45, 2.75) is 19.3 Å². The Morgan fingerprint density at radius 3 is 2.68 bits per heavy atom. The Morgan fingerprint density at radius 1 is 1.02 bits per heavy atom. The number of rotatable bonds is 16. The fourth-order valence-electron chi connectivity index (χ4n) is 4.03. The van der Waals surface area contributed by atoms with Gasteiger partial charge in [-0.15, -0.1) is 0 Å². The van der Waals surface area contributed by atoms with Crippen molar-refractivity contribution in [2.75, 3.05) is 50.7 Å². The van der Waals surface area contributed by atoms with Gasteiger partial charge in [-0.3, -0.25) is 15.0 Å². The van der Waals surface area contributed by atoms with Crippen molar-refractivity contribution in [3.63, 3.8) is 0 Å². The number of ether oxygens (including phenoxy) is 3. The molecule has 14 heteroatoms. The fraction of sp³-hybridized carbons (Fsp3) is 0.370. The third kappa shape index (κ3) is 8.54. The zero-order valence-electron chi connectivity index (χ0n) is 22.8. The second kappa shape index (κ2) is 15.5. The van der Waals surface area contributed by atoms with Crippen LogP contribution in [-0.4, -0.2) is 72.6 Å². The van der Waals surface area contributed by atoms with E-state index in [1.807, 2.05) is 24.3 Å². The van der Waals surface area contributed by atoms with Crippen molar-refractivity contribution in [3.05, 3.63) is 41.7 Å². The van der Waals surface area contributed by atoms with Crippen LogP contribution in [0.5, 0.6) is 11.5 Å². The average molecular weight is 621 g/mol. The molecule has 11 nitrogen and oxygen atoms in total. The van der Waals surface area contributed by atoms with Crippen LogP contribution in [0.15, 0.2) is 36.5 Å². The number of halogens is 1. The monoisotopic (exact) mass is 620 g/mol. The zero-order valence-corrected chi connectivity index (χ0v) is 25.2. The molecule has 0 saturated carbocycles. The van der Waals surface area contributed by atoms with Gasteiger partial charge in [0.2, 0.25) is 5.91 Å². The second-order valence-electron chi connectivity index (χ2n) is 8.88. The molecule has 2 aliphatic rings. The number of amides is 2. The first-order valence-corrected chi connectivity index (χ1v) is 15.9. The van der Waals surface area contributed by atoms with E-state index in [0.717, 1.165) is 46.4 Å². The van der Waals surface area contributed by atoms with Crippen LogP contribution in [-0.2, 0) is 9.53 Å². The normalized spacial score (nSPS) is 11.0. The highest BCUT2D eigenvalue weighted by Crippen LogP contribution is 2.43. The summed E-state index contributed by atoms with van der Waals surface area (Å²) in [6, 6.07) is 9.64. The van der Waals surface area contributed by atoms with E-state index in [1.165, 1.54) is 17.9 Å². The summed E-state index contributed by atoms with van der Waals surface area (Å²) in [6.45, 7) is 1.54. The van der Waals surface area contributed by atoms with E-state index in [-0.39, 0.29) is 5.91 Å². The van der Waals surface area contributed by atoms with Gasteiger partial charge in [-0.2, -0.15) is 0 Å². The summed E-state index contributed by atoms with van der Waals surface area (Å²) in [5.41, 5.74) is 2.60. The summed E-state index contributed by atoms with van der Waals surface area (Å²) in [5.74, 6) is 3.34. The molecule has 0 atom stereocenters. The predicted octanol–water partition coefficient (Wildman–Crippen LogP) is 5.80. The molecule has 220 valence electrons. The van der Waals surface area contributed by atoms with Gasteiger partial charge in [0.05, 0.1) is 38.0 Å². The lowest BCUT2D eigenvalue weighted by Crippen LogP contribution is -2.27. The van der Waals surface area contributed by atoms with Gasteiger partial charge < -0.3 is 30.2 Å². The fourth-order valence-corrected chi connectivity index (χ4v) is 6.21. The first-order valence-electron chi connectivity index (χ1n) is 13.0. The molecule has 2 aromatic rings. The molecule has 0 radical (unpaired) electrons. The number of H-pyrrole nitrogens is 2. The van der Waals surface area contributed by atoms with E-state index in [4.69, 9.17) is 21.1 Å². The van der Waals surface area contributed by atoms with Crippen LogP contribution in [0, 0.1) is 0 Å². The third-order valence-corrected chi connectivity index (χ3v) is 8.72. The summed E-state index contributed by atoms with van der Waals surface area (Å²) >= 11 is 6.21. The van der Waals surface area contributed by atoms with Crippen LogP contribution in [0.3, 0.4) is 0 Å². The van der Waals surface area contributed by atoms with Crippen molar-refractivity contribution in [2.24, 2.45) is 0 Å². The van der Waals surface area contributed by atoms with E-state index in [2.05, 4.69) is 41.9 Å². The molecule has 2 amide bonds. The zero-order chi connectivity index (χ0) is 29.0. The Kier molecular flexibility index (Phi) is 11.6. The number of benzene rings is 1. The van der Waals surface area contributed by atoms with Crippen LogP contribution < -0.4 is 25.4 Å². The van der Waals surface area contributed by atoms with Crippen LogP contribution in [0.4, 0.5) is 16.3 Å². The molecule has 0 fully saturated rings. The summed E-state index contributed by atoms with van der Waals surface area (Å²) < 4.78 is 16.1. The number of hydrogen-bond donors (Lipinski definition) is 5. The molecule has 0 unspecified atom stereocenters. The van der Waals surface area contributed by atoms with Crippen molar-refractivity contribution in [1.82, 2.24) is 25.8 Å². The minimum Gasteiger partial charge on any atom is -0.493 e. The number of alkyl carbamates (subject to hydrolysis) is 1. The predicted molar refractivity (Wildman–Crippen MR) is 166 cm³/mol. The number of fused-ring (bicyclic) bond motifs is 3. The minimum atomic E-state index is -0.413. The average Bonchev–Trinajstić information content (AvgIpc) is 3.53.